The van der Waals surface area contributed by atoms with Crippen molar-refractivity contribution in [3.8, 4) is 0 Å². The normalized spacial score (nSPS) is 11.5. The van der Waals surface area contributed by atoms with Crippen molar-refractivity contribution in [2.45, 2.75) is 12.5 Å². The summed E-state index contributed by atoms with van der Waals surface area (Å²) in [6.45, 7) is 0. The Morgan fingerprint density at radius 3 is 2.09 bits per heavy atom. The van der Waals surface area contributed by atoms with E-state index in [-0.39, 0.29) is 11.5 Å². The lowest BCUT2D eigenvalue weighted by atomic mass is 10.0. The molecule has 0 aliphatic carbocycles. The van der Waals surface area contributed by atoms with Gasteiger partial charge >= 0.3 is 0 Å². The highest BCUT2D eigenvalue weighted by Gasteiger charge is 2.21. The van der Waals surface area contributed by atoms with Crippen molar-refractivity contribution in [3.63, 3.8) is 0 Å². The van der Waals surface area contributed by atoms with Gasteiger partial charge in [-0.15, -0.1) is 0 Å². The number of nitrogens with one attached hydrogen (secondary N) is 3. The van der Waals surface area contributed by atoms with E-state index in [0.29, 0.717) is 12.1 Å². The molecule has 3 amide bonds. The summed E-state index contributed by atoms with van der Waals surface area (Å²) in [6, 6.07) is 24.0. The van der Waals surface area contributed by atoms with E-state index in [1.807, 2.05) is 60.7 Å². The Morgan fingerprint density at radius 2 is 1.47 bits per heavy atom. The van der Waals surface area contributed by atoms with Gasteiger partial charge in [-0.2, -0.15) is 0 Å². The highest BCUT2D eigenvalue weighted by atomic mass is 16.5. The van der Waals surface area contributed by atoms with E-state index in [4.69, 9.17) is 5.21 Å². The summed E-state index contributed by atoms with van der Waals surface area (Å²) < 4.78 is 0. The van der Waals surface area contributed by atoms with Gasteiger partial charge in [0.15, 0.2) is 0 Å². The van der Waals surface area contributed by atoms with Gasteiger partial charge in [0.2, 0.25) is 11.8 Å². The standard InChI is InChI=1S/C25H23N3O4/c29-23(16-11-18-7-3-1-4-8-18)27-22(17-19-9-5-2-6-10-19)25(31)26-21-14-12-20(13-15-21)24(30)28-32/h1-16,22,32H,17H2,(H,26,31)(H,27,29)(H,28,30). The van der Waals surface area contributed by atoms with Gasteiger partial charge in [-0.3, -0.25) is 19.6 Å². The fourth-order valence-electron chi connectivity index (χ4n) is 3.01. The molecule has 7 nitrogen and oxygen atoms in total. The number of anilines is 1. The van der Waals surface area contributed by atoms with Crippen LogP contribution >= 0.6 is 0 Å². The monoisotopic (exact) mass is 429 g/mol. The summed E-state index contributed by atoms with van der Waals surface area (Å²) in [5.74, 6) is -1.43. The van der Waals surface area contributed by atoms with Gasteiger partial charge in [-0.25, -0.2) is 5.48 Å². The van der Waals surface area contributed by atoms with E-state index in [0.717, 1.165) is 11.1 Å². The summed E-state index contributed by atoms with van der Waals surface area (Å²) in [5, 5.41) is 14.2. The molecule has 0 aromatic heterocycles. The first-order chi connectivity index (χ1) is 15.5. The van der Waals surface area contributed by atoms with Crippen LogP contribution in [0.5, 0.6) is 0 Å². The van der Waals surface area contributed by atoms with E-state index in [9.17, 15) is 14.4 Å². The van der Waals surface area contributed by atoms with Crippen molar-refractivity contribution in [3.05, 3.63) is 108 Å². The van der Waals surface area contributed by atoms with E-state index in [1.165, 1.54) is 18.2 Å². The molecular weight excluding hydrogens is 406 g/mol. The smallest absolute Gasteiger partial charge is 0.274 e. The predicted octanol–water partition coefficient (Wildman–Crippen LogP) is 3.19. The number of carbonyl (C=O) groups excluding carboxylic acids is 3. The first-order valence-electron chi connectivity index (χ1n) is 9.98. The van der Waals surface area contributed by atoms with Gasteiger partial charge in [-0.1, -0.05) is 60.7 Å². The predicted molar refractivity (Wildman–Crippen MR) is 122 cm³/mol. The van der Waals surface area contributed by atoms with Crippen LogP contribution in [0.15, 0.2) is 91.0 Å². The van der Waals surface area contributed by atoms with Crippen molar-refractivity contribution >= 4 is 29.5 Å². The minimum Gasteiger partial charge on any atom is -0.340 e. The Labute approximate surface area is 185 Å². The summed E-state index contributed by atoms with van der Waals surface area (Å²) in [6.07, 6.45) is 3.38. The highest BCUT2D eigenvalue weighted by molar-refractivity contribution is 6.00. The summed E-state index contributed by atoms with van der Waals surface area (Å²) in [7, 11) is 0. The van der Waals surface area contributed by atoms with Gasteiger partial charge in [0, 0.05) is 23.7 Å². The topological polar surface area (TPSA) is 108 Å². The van der Waals surface area contributed by atoms with Crippen LogP contribution in [0, 0.1) is 0 Å². The van der Waals surface area contributed by atoms with Gasteiger partial charge in [0.25, 0.3) is 5.91 Å². The molecule has 0 radical (unpaired) electrons. The van der Waals surface area contributed by atoms with Crippen LogP contribution in [0.2, 0.25) is 0 Å². The highest BCUT2D eigenvalue weighted by Crippen LogP contribution is 2.12. The van der Waals surface area contributed by atoms with Gasteiger partial charge < -0.3 is 10.6 Å². The van der Waals surface area contributed by atoms with Crippen LogP contribution in [-0.2, 0) is 16.0 Å². The molecule has 0 heterocycles. The van der Waals surface area contributed by atoms with Crippen LogP contribution in [0.4, 0.5) is 5.69 Å². The second kappa shape index (κ2) is 11.2. The van der Waals surface area contributed by atoms with Crippen LogP contribution in [0.25, 0.3) is 6.08 Å². The zero-order chi connectivity index (χ0) is 22.8. The Kier molecular flexibility index (Phi) is 7.89. The summed E-state index contributed by atoms with van der Waals surface area (Å²) in [4.78, 5) is 36.9. The molecule has 0 spiro atoms. The van der Waals surface area contributed by atoms with E-state index >= 15 is 0 Å². The lowest BCUT2D eigenvalue weighted by molar-refractivity contribution is -0.123. The fraction of sp³-hybridized carbons (Fsp3) is 0.0800. The second-order valence-corrected chi connectivity index (χ2v) is 7.00. The average Bonchev–Trinajstić information content (AvgIpc) is 2.83. The lowest BCUT2D eigenvalue weighted by Gasteiger charge is -2.18. The van der Waals surface area contributed by atoms with Crippen molar-refractivity contribution in [2.75, 3.05) is 5.32 Å². The summed E-state index contributed by atoms with van der Waals surface area (Å²) in [5.41, 5.74) is 4.02. The van der Waals surface area contributed by atoms with Crippen molar-refractivity contribution in [1.82, 2.24) is 10.8 Å². The molecule has 0 saturated heterocycles. The molecule has 1 unspecified atom stereocenters. The molecule has 0 fully saturated rings. The Balaban J connectivity index is 1.71. The van der Waals surface area contributed by atoms with E-state index in [2.05, 4.69) is 10.6 Å². The summed E-state index contributed by atoms with van der Waals surface area (Å²) >= 11 is 0. The van der Waals surface area contributed by atoms with Crippen LogP contribution in [0.3, 0.4) is 0 Å². The Morgan fingerprint density at radius 1 is 0.844 bits per heavy atom. The van der Waals surface area contributed by atoms with Crippen molar-refractivity contribution in [2.24, 2.45) is 0 Å². The molecular formula is C25H23N3O4. The maximum absolute atomic E-state index is 12.9. The quantitative estimate of drug-likeness (QED) is 0.251. The van der Waals surface area contributed by atoms with E-state index in [1.54, 1.807) is 23.7 Å². The minimum absolute atomic E-state index is 0.241. The van der Waals surface area contributed by atoms with Gasteiger partial charge in [-0.05, 0) is 41.5 Å². The van der Waals surface area contributed by atoms with Crippen LogP contribution in [-0.4, -0.2) is 29.0 Å². The molecule has 0 aliphatic rings. The third-order valence-corrected chi connectivity index (χ3v) is 4.66. The Hall–Kier alpha value is -4.23. The lowest BCUT2D eigenvalue weighted by Crippen LogP contribution is -2.44. The zero-order valence-electron chi connectivity index (χ0n) is 17.2. The number of benzene rings is 3. The molecule has 0 aliphatic heterocycles. The zero-order valence-corrected chi connectivity index (χ0v) is 17.2. The average molecular weight is 429 g/mol. The van der Waals surface area contributed by atoms with Gasteiger partial charge in [0.1, 0.15) is 6.04 Å². The Bertz CT molecular complexity index is 1080. The first-order valence-corrected chi connectivity index (χ1v) is 9.98. The molecule has 3 aromatic carbocycles. The van der Waals surface area contributed by atoms with Crippen molar-refractivity contribution in [1.29, 1.82) is 0 Å². The fourth-order valence-corrected chi connectivity index (χ4v) is 3.01. The largest absolute Gasteiger partial charge is 0.340 e. The molecule has 32 heavy (non-hydrogen) atoms. The maximum atomic E-state index is 12.9. The molecule has 7 heteroatoms. The molecule has 0 saturated carbocycles. The third kappa shape index (κ3) is 6.65. The van der Waals surface area contributed by atoms with E-state index < -0.39 is 17.9 Å². The van der Waals surface area contributed by atoms with Crippen molar-refractivity contribution < 1.29 is 19.6 Å². The molecule has 0 bridgehead atoms. The number of hydrogen-bond donors (Lipinski definition) is 4. The number of rotatable bonds is 8. The molecule has 3 aromatic rings. The SMILES string of the molecule is O=C(C=Cc1ccccc1)NC(Cc1ccccc1)C(=O)Nc1ccc(C(=O)NO)cc1. The maximum Gasteiger partial charge on any atom is 0.274 e. The molecule has 1 atom stereocenters. The second-order valence-electron chi connectivity index (χ2n) is 7.00. The third-order valence-electron chi connectivity index (χ3n) is 4.66. The minimum atomic E-state index is -0.814. The number of amides is 3. The van der Waals surface area contributed by atoms with Crippen LogP contribution < -0.4 is 16.1 Å². The molecule has 3 rings (SSSR count). The van der Waals surface area contributed by atoms with Crippen LogP contribution in [0.1, 0.15) is 21.5 Å². The first kappa shape index (κ1) is 22.5. The number of carbonyl (C=O) groups is 3. The number of hydroxylamine groups is 1. The molecule has 162 valence electrons. The molecule has 4 N–H and O–H groups in total. The van der Waals surface area contributed by atoms with Gasteiger partial charge in [0.05, 0.1) is 0 Å². The number of hydrogen-bond acceptors (Lipinski definition) is 4.